The molecule has 3 amide bonds. The van der Waals surface area contributed by atoms with Gasteiger partial charge in [0.2, 0.25) is 17.7 Å². The van der Waals surface area contributed by atoms with Gasteiger partial charge in [-0.1, -0.05) is 98.8 Å². The monoisotopic (exact) mass is 640 g/mol. The molecule has 4 unspecified atom stereocenters. The van der Waals surface area contributed by atoms with Gasteiger partial charge in [-0.3, -0.25) is 14.4 Å². The number of phenolic OH excluding ortho intramolecular Hbond substituents is 1. The third-order valence-electron chi connectivity index (χ3n) is 9.37. The Balaban J connectivity index is 1.36. The molecule has 1 aliphatic carbocycles. The summed E-state index contributed by atoms with van der Waals surface area (Å²) in [4.78, 5) is 55.5. The SMILES string of the molecule is NC(Cc1ccc(O)cc1)C(=O)N1Cc2ccccc2CC1C(=O)NC(CC1CCCCC1)C(=O)NC(Cc1ccccc1)C(=O)O. The third kappa shape index (κ3) is 8.98. The zero-order valence-corrected chi connectivity index (χ0v) is 26.5. The van der Waals surface area contributed by atoms with Gasteiger partial charge in [0.15, 0.2) is 0 Å². The lowest BCUT2D eigenvalue weighted by Crippen LogP contribution is -2.60. The Morgan fingerprint density at radius 3 is 2.11 bits per heavy atom. The molecule has 10 nitrogen and oxygen atoms in total. The summed E-state index contributed by atoms with van der Waals surface area (Å²) in [6.07, 6.45) is 6.03. The van der Waals surface area contributed by atoms with Gasteiger partial charge in [-0.15, -0.1) is 0 Å². The molecule has 1 fully saturated rings. The second-order valence-electron chi connectivity index (χ2n) is 12.8. The van der Waals surface area contributed by atoms with Crippen LogP contribution in [0.3, 0.4) is 0 Å². The number of fused-ring (bicyclic) bond motifs is 1. The highest BCUT2D eigenvalue weighted by Gasteiger charge is 2.39. The summed E-state index contributed by atoms with van der Waals surface area (Å²) >= 11 is 0. The number of aromatic hydroxyl groups is 1. The van der Waals surface area contributed by atoms with Crippen molar-refractivity contribution in [2.45, 2.75) is 88.5 Å². The first-order valence-corrected chi connectivity index (χ1v) is 16.5. The van der Waals surface area contributed by atoms with Gasteiger partial charge in [-0.2, -0.15) is 0 Å². The second kappa shape index (κ2) is 15.7. The molecular formula is C37H44N4O6. The molecule has 0 radical (unpaired) electrons. The maximum absolute atomic E-state index is 14.1. The van der Waals surface area contributed by atoms with Gasteiger partial charge in [-0.25, -0.2) is 4.79 Å². The van der Waals surface area contributed by atoms with Crippen LogP contribution in [0.2, 0.25) is 0 Å². The normalized spacial score (nSPS) is 18.3. The third-order valence-corrected chi connectivity index (χ3v) is 9.37. The van der Waals surface area contributed by atoms with E-state index in [0.717, 1.165) is 54.4 Å². The van der Waals surface area contributed by atoms with Gasteiger partial charge in [0, 0.05) is 19.4 Å². The number of nitrogens with one attached hydrogen (secondary N) is 2. The minimum Gasteiger partial charge on any atom is -0.508 e. The first kappa shape index (κ1) is 33.7. The lowest BCUT2D eigenvalue weighted by atomic mass is 9.84. The minimum absolute atomic E-state index is 0.104. The van der Waals surface area contributed by atoms with Crippen molar-refractivity contribution in [2.24, 2.45) is 11.7 Å². The summed E-state index contributed by atoms with van der Waals surface area (Å²) in [7, 11) is 0. The molecule has 248 valence electrons. The van der Waals surface area contributed by atoms with E-state index < -0.39 is 47.9 Å². The first-order valence-electron chi connectivity index (χ1n) is 16.5. The van der Waals surface area contributed by atoms with Crippen LogP contribution in [0.25, 0.3) is 0 Å². The van der Waals surface area contributed by atoms with E-state index in [1.807, 2.05) is 54.6 Å². The van der Waals surface area contributed by atoms with Crippen LogP contribution >= 0.6 is 0 Å². The minimum atomic E-state index is -1.17. The van der Waals surface area contributed by atoms with Crippen molar-refractivity contribution in [1.82, 2.24) is 15.5 Å². The van der Waals surface area contributed by atoms with Gasteiger partial charge in [-0.05, 0) is 53.1 Å². The van der Waals surface area contributed by atoms with Crippen molar-refractivity contribution in [3.05, 3.63) is 101 Å². The summed E-state index contributed by atoms with van der Waals surface area (Å²) in [5.74, 6) is -2.26. The van der Waals surface area contributed by atoms with Gasteiger partial charge in [0.25, 0.3) is 0 Å². The van der Waals surface area contributed by atoms with Crippen molar-refractivity contribution in [3.8, 4) is 5.75 Å². The van der Waals surface area contributed by atoms with Crippen LogP contribution in [0.5, 0.6) is 5.75 Å². The van der Waals surface area contributed by atoms with Crippen LogP contribution in [0.4, 0.5) is 0 Å². The fourth-order valence-corrected chi connectivity index (χ4v) is 6.75. The van der Waals surface area contributed by atoms with E-state index in [-0.39, 0.29) is 37.5 Å². The number of nitrogens with two attached hydrogens (primary N) is 1. The zero-order chi connectivity index (χ0) is 33.3. The average Bonchev–Trinajstić information content (AvgIpc) is 3.08. The molecule has 5 rings (SSSR count). The molecule has 0 spiro atoms. The number of carbonyl (C=O) groups excluding carboxylic acids is 3. The average molecular weight is 641 g/mol. The molecule has 4 atom stereocenters. The predicted octanol–water partition coefficient (Wildman–Crippen LogP) is 3.48. The molecule has 0 saturated heterocycles. The zero-order valence-electron chi connectivity index (χ0n) is 26.5. The molecule has 1 heterocycles. The van der Waals surface area contributed by atoms with Crippen molar-refractivity contribution < 1.29 is 29.4 Å². The summed E-state index contributed by atoms with van der Waals surface area (Å²) in [5, 5.41) is 25.2. The summed E-state index contributed by atoms with van der Waals surface area (Å²) in [5.41, 5.74) is 9.81. The number of amides is 3. The quantitative estimate of drug-likeness (QED) is 0.202. The van der Waals surface area contributed by atoms with E-state index in [0.29, 0.717) is 6.42 Å². The Kier molecular flexibility index (Phi) is 11.3. The molecule has 2 aliphatic rings. The number of aliphatic carboxylic acids is 1. The number of nitrogens with zero attached hydrogens (tertiary/aromatic N) is 1. The number of benzene rings is 3. The predicted molar refractivity (Wildman–Crippen MR) is 177 cm³/mol. The molecule has 1 aliphatic heterocycles. The van der Waals surface area contributed by atoms with Gasteiger partial charge in [0.1, 0.15) is 23.9 Å². The summed E-state index contributed by atoms with van der Waals surface area (Å²) in [6.45, 7) is 0.189. The highest BCUT2D eigenvalue weighted by molar-refractivity contribution is 5.94. The summed E-state index contributed by atoms with van der Waals surface area (Å²) in [6, 6.07) is 19.2. The maximum Gasteiger partial charge on any atom is 0.326 e. The van der Waals surface area contributed by atoms with Crippen LogP contribution in [0.15, 0.2) is 78.9 Å². The molecule has 0 bridgehead atoms. The lowest BCUT2D eigenvalue weighted by Gasteiger charge is -2.38. The van der Waals surface area contributed by atoms with Crippen molar-refractivity contribution in [1.29, 1.82) is 0 Å². The fraction of sp³-hybridized carbons (Fsp3) is 0.405. The molecule has 1 saturated carbocycles. The molecule has 10 heteroatoms. The number of carboxylic acids is 1. The van der Waals surface area contributed by atoms with Gasteiger partial charge in [0.05, 0.1) is 6.04 Å². The Morgan fingerprint density at radius 1 is 0.787 bits per heavy atom. The molecule has 3 aromatic rings. The number of hydrogen-bond acceptors (Lipinski definition) is 6. The van der Waals surface area contributed by atoms with Crippen LogP contribution in [-0.2, 0) is 45.0 Å². The standard InChI is InChI=1S/C37H44N4O6/c38-30(19-26-15-17-29(42)18-16-26)36(45)41-23-28-14-8-7-13-27(28)22-33(41)35(44)39-31(20-24-9-3-1-4-10-24)34(43)40-32(37(46)47)21-25-11-5-2-6-12-25/h2,5-8,11-18,24,30-33,42H,1,3-4,9-10,19-23,38H2,(H,39,44)(H,40,43)(H,46,47). The maximum atomic E-state index is 14.1. The Hall–Kier alpha value is -4.70. The molecule has 47 heavy (non-hydrogen) atoms. The molecular weight excluding hydrogens is 596 g/mol. The topological polar surface area (TPSA) is 162 Å². The van der Waals surface area contributed by atoms with E-state index >= 15 is 0 Å². The number of rotatable bonds is 12. The van der Waals surface area contributed by atoms with Crippen molar-refractivity contribution in [2.75, 3.05) is 0 Å². The van der Waals surface area contributed by atoms with E-state index in [4.69, 9.17) is 5.73 Å². The number of carboxylic acid groups (broad SMARTS) is 1. The Morgan fingerprint density at radius 2 is 1.43 bits per heavy atom. The van der Waals surface area contributed by atoms with E-state index in [2.05, 4.69) is 10.6 Å². The highest BCUT2D eigenvalue weighted by Crippen LogP contribution is 2.29. The number of hydrogen-bond donors (Lipinski definition) is 5. The van der Waals surface area contributed by atoms with Crippen LogP contribution < -0.4 is 16.4 Å². The largest absolute Gasteiger partial charge is 0.508 e. The second-order valence-corrected chi connectivity index (χ2v) is 12.8. The molecule has 0 aromatic heterocycles. The van der Waals surface area contributed by atoms with E-state index in [1.54, 1.807) is 12.1 Å². The molecule has 6 N–H and O–H groups in total. The number of phenols is 1. The smallest absolute Gasteiger partial charge is 0.326 e. The fourth-order valence-electron chi connectivity index (χ4n) is 6.75. The Labute approximate surface area is 275 Å². The van der Waals surface area contributed by atoms with E-state index in [9.17, 15) is 29.4 Å². The van der Waals surface area contributed by atoms with Gasteiger partial charge < -0.3 is 31.5 Å². The summed E-state index contributed by atoms with van der Waals surface area (Å²) < 4.78 is 0. The Bertz CT molecular complexity index is 1540. The lowest BCUT2D eigenvalue weighted by molar-refractivity contribution is -0.144. The van der Waals surface area contributed by atoms with Crippen LogP contribution in [0, 0.1) is 5.92 Å². The van der Waals surface area contributed by atoms with Crippen LogP contribution in [0.1, 0.15) is 60.8 Å². The number of carbonyl (C=O) groups is 4. The van der Waals surface area contributed by atoms with Gasteiger partial charge >= 0.3 is 5.97 Å². The molecule has 3 aromatic carbocycles. The highest BCUT2D eigenvalue weighted by atomic mass is 16.4. The van der Waals surface area contributed by atoms with Crippen molar-refractivity contribution >= 4 is 23.7 Å². The van der Waals surface area contributed by atoms with Crippen LogP contribution in [-0.4, -0.2) is 63.0 Å². The first-order chi connectivity index (χ1) is 22.7. The van der Waals surface area contributed by atoms with E-state index in [1.165, 1.54) is 17.0 Å². The van der Waals surface area contributed by atoms with Crippen molar-refractivity contribution in [3.63, 3.8) is 0 Å².